The van der Waals surface area contributed by atoms with E-state index >= 15 is 0 Å². The second-order valence-corrected chi connectivity index (χ2v) is 6.13. The van der Waals surface area contributed by atoms with Crippen LogP contribution < -0.4 is 4.90 Å². The zero-order valence-electron chi connectivity index (χ0n) is 11.0. The highest BCUT2D eigenvalue weighted by atomic mass is 32.1. The standard InChI is InChI=1S/C13H20N2OS/c1-8(2)15(7-11-5-6-11)13-14-9(3)12(17-13)10(4)16/h8,11H,5-7H2,1-4H3. The lowest BCUT2D eigenvalue weighted by Gasteiger charge is -2.26. The summed E-state index contributed by atoms with van der Waals surface area (Å²) in [7, 11) is 0. The van der Waals surface area contributed by atoms with Gasteiger partial charge in [0, 0.05) is 19.5 Å². The molecule has 0 aromatic carbocycles. The average Bonchev–Trinajstić information content (AvgIpc) is 2.97. The van der Waals surface area contributed by atoms with E-state index in [0.29, 0.717) is 6.04 Å². The maximum Gasteiger partial charge on any atom is 0.186 e. The Labute approximate surface area is 107 Å². The molecule has 1 aliphatic carbocycles. The molecule has 0 bridgehead atoms. The third-order valence-corrected chi connectivity index (χ3v) is 4.42. The second kappa shape index (κ2) is 4.77. The summed E-state index contributed by atoms with van der Waals surface area (Å²) >= 11 is 1.54. The predicted molar refractivity (Wildman–Crippen MR) is 72.1 cm³/mol. The molecule has 1 aromatic heterocycles. The molecule has 0 radical (unpaired) electrons. The SMILES string of the molecule is CC(=O)c1sc(N(CC2CC2)C(C)C)nc1C. The number of hydrogen-bond donors (Lipinski definition) is 0. The monoisotopic (exact) mass is 252 g/mol. The molecule has 2 rings (SSSR count). The molecular weight excluding hydrogens is 232 g/mol. The number of carbonyl (C=O) groups is 1. The minimum atomic E-state index is 0.126. The Morgan fingerprint density at radius 1 is 1.53 bits per heavy atom. The first-order chi connectivity index (χ1) is 7.99. The first-order valence-electron chi connectivity index (χ1n) is 6.24. The highest BCUT2D eigenvalue weighted by Crippen LogP contribution is 2.34. The Balaban J connectivity index is 2.22. The average molecular weight is 252 g/mol. The lowest BCUT2D eigenvalue weighted by atomic mass is 10.3. The molecule has 94 valence electrons. The molecular formula is C13H20N2OS. The molecule has 0 N–H and O–H groups in total. The fraction of sp³-hybridized carbons (Fsp3) is 0.692. The quantitative estimate of drug-likeness (QED) is 0.754. The molecule has 17 heavy (non-hydrogen) atoms. The Morgan fingerprint density at radius 2 is 2.18 bits per heavy atom. The van der Waals surface area contributed by atoms with Crippen LogP contribution in [0.1, 0.15) is 49.0 Å². The van der Waals surface area contributed by atoms with E-state index in [1.54, 1.807) is 6.92 Å². The Bertz CT molecular complexity index is 421. The number of Topliss-reactive ketones (excluding diaryl/α,β-unsaturated/α-hetero) is 1. The van der Waals surface area contributed by atoms with Gasteiger partial charge in [-0.25, -0.2) is 4.98 Å². The lowest BCUT2D eigenvalue weighted by molar-refractivity contribution is 0.102. The van der Waals surface area contributed by atoms with Gasteiger partial charge in [0.05, 0.1) is 10.6 Å². The van der Waals surface area contributed by atoms with Gasteiger partial charge in [-0.1, -0.05) is 11.3 Å². The normalized spacial score (nSPS) is 15.4. The Kier molecular flexibility index (Phi) is 3.52. The molecule has 1 fully saturated rings. The smallest absolute Gasteiger partial charge is 0.186 e. The van der Waals surface area contributed by atoms with Crippen LogP contribution in [0.25, 0.3) is 0 Å². The molecule has 3 nitrogen and oxygen atoms in total. The van der Waals surface area contributed by atoms with Gasteiger partial charge in [-0.15, -0.1) is 0 Å². The van der Waals surface area contributed by atoms with E-state index in [9.17, 15) is 4.79 Å². The van der Waals surface area contributed by atoms with Gasteiger partial charge in [0.2, 0.25) is 0 Å². The third kappa shape index (κ3) is 2.86. The molecule has 4 heteroatoms. The number of hydrogen-bond acceptors (Lipinski definition) is 4. The van der Waals surface area contributed by atoms with E-state index in [-0.39, 0.29) is 5.78 Å². The second-order valence-electron chi connectivity index (χ2n) is 5.16. The zero-order chi connectivity index (χ0) is 12.6. The van der Waals surface area contributed by atoms with E-state index in [2.05, 4.69) is 23.7 Å². The van der Waals surface area contributed by atoms with Gasteiger partial charge in [-0.2, -0.15) is 0 Å². The summed E-state index contributed by atoms with van der Waals surface area (Å²) in [6, 6.07) is 0.445. The maximum absolute atomic E-state index is 11.5. The predicted octanol–water partition coefficient (Wildman–Crippen LogP) is 3.28. The summed E-state index contributed by atoms with van der Waals surface area (Å²) in [5.41, 5.74) is 0.874. The van der Waals surface area contributed by atoms with Crippen molar-refractivity contribution < 1.29 is 4.79 Å². The van der Waals surface area contributed by atoms with Crippen LogP contribution in [0.3, 0.4) is 0 Å². The van der Waals surface area contributed by atoms with Gasteiger partial charge in [0.25, 0.3) is 0 Å². The highest BCUT2D eigenvalue weighted by molar-refractivity contribution is 7.17. The molecule has 0 aliphatic heterocycles. The molecule has 0 unspecified atom stereocenters. The van der Waals surface area contributed by atoms with Crippen molar-refractivity contribution in [2.75, 3.05) is 11.4 Å². The Hall–Kier alpha value is -0.900. The first-order valence-corrected chi connectivity index (χ1v) is 7.05. The van der Waals surface area contributed by atoms with Crippen molar-refractivity contribution in [3.05, 3.63) is 10.6 Å². The summed E-state index contributed by atoms with van der Waals surface area (Å²) in [5.74, 6) is 0.962. The van der Waals surface area contributed by atoms with Crippen molar-refractivity contribution in [3.63, 3.8) is 0 Å². The number of carbonyl (C=O) groups excluding carboxylic acids is 1. The molecule has 0 saturated heterocycles. The van der Waals surface area contributed by atoms with Crippen molar-refractivity contribution in [2.24, 2.45) is 5.92 Å². The van der Waals surface area contributed by atoms with Crippen LogP contribution in [0.15, 0.2) is 0 Å². The fourth-order valence-electron chi connectivity index (χ4n) is 1.92. The van der Waals surface area contributed by atoms with Gasteiger partial charge in [0.1, 0.15) is 0 Å². The molecule has 1 aliphatic rings. The minimum Gasteiger partial charge on any atom is -0.345 e. The van der Waals surface area contributed by atoms with Crippen molar-refractivity contribution in [3.8, 4) is 0 Å². The van der Waals surface area contributed by atoms with Gasteiger partial charge in [0.15, 0.2) is 10.9 Å². The maximum atomic E-state index is 11.5. The van der Waals surface area contributed by atoms with E-state index in [1.165, 1.54) is 24.2 Å². The van der Waals surface area contributed by atoms with Gasteiger partial charge >= 0.3 is 0 Å². The third-order valence-electron chi connectivity index (χ3n) is 3.13. The number of anilines is 1. The van der Waals surface area contributed by atoms with Gasteiger partial charge < -0.3 is 4.90 Å². The first kappa shape index (κ1) is 12.6. The van der Waals surface area contributed by atoms with Crippen molar-refractivity contribution in [2.45, 2.75) is 46.6 Å². The summed E-state index contributed by atoms with van der Waals surface area (Å²) < 4.78 is 0. The number of nitrogens with zero attached hydrogens (tertiary/aromatic N) is 2. The molecule has 0 spiro atoms. The molecule has 1 saturated carbocycles. The van der Waals surface area contributed by atoms with E-state index in [1.807, 2.05) is 6.92 Å². The van der Waals surface area contributed by atoms with Crippen LogP contribution in [-0.4, -0.2) is 23.4 Å². The van der Waals surface area contributed by atoms with Crippen LogP contribution >= 0.6 is 11.3 Å². The number of aryl methyl sites for hydroxylation is 1. The summed E-state index contributed by atoms with van der Waals surface area (Å²) in [6.45, 7) is 9.00. The molecule has 1 heterocycles. The topological polar surface area (TPSA) is 33.2 Å². The zero-order valence-corrected chi connectivity index (χ0v) is 11.8. The van der Waals surface area contributed by atoms with Crippen LogP contribution in [0.4, 0.5) is 5.13 Å². The highest BCUT2D eigenvalue weighted by Gasteiger charge is 2.27. The van der Waals surface area contributed by atoms with Gasteiger partial charge in [-0.05, 0) is 39.5 Å². The number of rotatable bonds is 5. The summed E-state index contributed by atoms with van der Waals surface area (Å²) in [5, 5.41) is 1.01. The number of thiazole rings is 1. The van der Waals surface area contributed by atoms with Crippen LogP contribution in [-0.2, 0) is 0 Å². The van der Waals surface area contributed by atoms with Crippen molar-refractivity contribution in [1.29, 1.82) is 0 Å². The number of ketones is 1. The van der Waals surface area contributed by atoms with Crippen molar-refractivity contribution in [1.82, 2.24) is 4.98 Å². The van der Waals surface area contributed by atoms with Crippen LogP contribution in [0.5, 0.6) is 0 Å². The minimum absolute atomic E-state index is 0.126. The van der Waals surface area contributed by atoms with Crippen LogP contribution in [0.2, 0.25) is 0 Å². The summed E-state index contributed by atoms with van der Waals surface area (Å²) in [4.78, 5) is 19.2. The van der Waals surface area contributed by atoms with E-state index < -0.39 is 0 Å². The van der Waals surface area contributed by atoms with E-state index in [4.69, 9.17) is 0 Å². The summed E-state index contributed by atoms with van der Waals surface area (Å²) in [6.07, 6.45) is 2.68. The van der Waals surface area contributed by atoms with Gasteiger partial charge in [-0.3, -0.25) is 4.79 Å². The lowest BCUT2D eigenvalue weighted by Crippen LogP contribution is -2.32. The largest absolute Gasteiger partial charge is 0.345 e. The molecule has 0 amide bonds. The van der Waals surface area contributed by atoms with E-state index in [0.717, 1.165) is 28.2 Å². The number of aromatic nitrogens is 1. The molecule has 0 atom stereocenters. The fourth-order valence-corrected chi connectivity index (χ4v) is 3.02. The van der Waals surface area contributed by atoms with Crippen LogP contribution in [0, 0.1) is 12.8 Å². The molecule has 1 aromatic rings. The van der Waals surface area contributed by atoms with Crippen molar-refractivity contribution >= 4 is 22.3 Å². The Morgan fingerprint density at radius 3 is 2.59 bits per heavy atom.